The van der Waals surface area contributed by atoms with Gasteiger partial charge in [-0.1, -0.05) is 0 Å². The van der Waals surface area contributed by atoms with Crippen molar-refractivity contribution in [2.75, 3.05) is 25.9 Å². The van der Waals surface area contributed by atoms with Crippen LogP contribution in [-0.4, -0.2) is 49.9 Å². The number of carbonyl (C=O) groups is 1. The average molecular weight is 404 g/mol. The van der Waals surface area contributed by atoms with Gasteiger partial charge in [0.25, 0.3) is 0 Å². The van der Waals surface area contributed by atoms with Crippen molar-refractivity contribution in [3.63, 3.8) is 0 Å². The maximum atomic E-state index is 13.2. The Kier molecular flexibility index (Phi) is 6.31. The molecule has 3 N–H and O–H groups in total. The summed E-state index contributed by atoms with van der Waals surface area (Å²) in [5.41, 5.74) is 1.65. The second-order valence-electron chi connectivity index (χ2n) is 6.53. The summed E-state index contributed by atoms with van der Waals surface area (Å²) in [6, 6.07) is 4.51. The molecule has 2 aromatic rings. The van der Waals surface area contributed by atoms with E-state index in [0.717, 1.165) is 17.2 Å². The van der Waals surface area contributed by atoms with E-state index >= 15 is 0 Å². The fraction of sp³-hybridized carbons (Fsp3) is 0.471. The lowest BCUT2D eigenvalue weighted by Crippen LogP contribution is -2.57. The summed E-state index contributed by atoms with van der Waals surface area (Å²) in [5, 5.41) is 6.77. The number of aromatic nitrogens is 1. The number of benzene rings is 1. The summed E-state index contributed by atoms with van der Waals surface area (Å²) in [7, 11) is -3.51. The molecule has 0 unspecified atom stereocenters. The van der Waals surface area contributed by atoms with Crippen molar-refractivity contribution < 1.29 is 17.6 Å². The van der Waals surface area contributed by atoms with Gasteiger partial charge in [0, 0.05) is 29.9 Å². The van der Waals surface area contributed by atoms with Crippen LogP contribution in [0.25, 0.3) is 10.9 Å². The minimum absolute atomic E-state index is 0. The van der Waals surface area contributed by atoms with E-state index < -0.39 is 20.5 Å². The Hall–Kier alpha value is -1.64. The molecule has 0 atom stereocenters. The van der Waals surface area contributed by atoms with Crippen molar-refractivity contribution in [2.24, 2.45) is 0 Å². The first kappa shape index (κ1) is 20.7. The van der Waals surface area contributed by atoms with E-state index in [1.807, 2.05) is 0 Å². The van der Waals surface area contributed by atoms with Crippen LogP contribution in [0.1, 0.15) is 18.4 Å². The van der Waals surface area contributed by atoms with E-state index in [9.17, 15) is 17.6 Å². The predicted octanol–water partition coefficient (Wildman–Crippen LogP) is 1.55. The van der Waals surface area contributed by atoms with Gasteiger partial charge in [0.15, 0.2) is 14.6 Å². The molecule has 1 aromatic heterocycles. The van der Waals surface area contributed by atoms with Crippen molar-refractivity contribution in [3.05, 3.63) is 35.8 Å². The monoisotopic (exact) mass is 403 g/mol. The molecule has 1 saturated heterocycles. The first-order chi connectivity index (χ1) is 11.8. The first-order valence-corrected chi connectivity index (χ1v) is 10.2. The smallest absolute Gasteiger partial charge is 0.241 e. The van der Waals surface area contributed by atoms with Crippen molar-refractivity contribution >= 4 is 39.1 Å². The molecule has 6 nitrogen and oxygen atoms in total. The van der Waals surface area contributed by atoms with Gasteiger partial charge >= 0.3 is 0 Å². The zero-order valence-electron chi connectivity index (χ0n) is 14.5. The van der Waals surface area contributed by atoms with Crippen LogP contribution in [0.5, 0.6) is 0 Å². The van der Waals surface area contributed by atoms with Gasteiger partial charge in [0.05, 0.1) is 0 Å². The number of sulfone groups is 1. The maximum absolute atomic E-state index is 13.2. The number of carbonyl (C=O) groups excluding carboxylic acids is 1. The summed E-state index contributed by atoms with van der Waals surface area (Å²) in [5.74, 6) is -0.738. The van der Waals surface area contributed by atoms with Gasteiger partial charge in [-0.2, -0.15) is 0 Å². The highest BCUT2D eigenvalue weighted by Crippen LogP contribution is 2.28. The number of hydrogen-bond acceptors (Lipinski definition) is 4. The third-order valence-corrected chi connectivity index (χ3v) is 6.96. The molecule has 26 heavy (non-hydrogen) atoms. The summed E-state index contributed by atoms with van der Waals surface area (Å²) in [4.78, 5) is 15.6. The third kappa shape index (κ3) is 3.87. The Morgan fingerprint density at radius 1 is 1.31 bits per heavy atom. The van der Waals surface area contributed by atoms with Crippen molar-refractivity contribution in [1.82, 2.24) is 15.6 Å². The zero-order valence-corrected chi connectivity index (χ0v) is 16.1. The van der Waals surface area contributed by atoms with Crippen LogP contribution in [0, 0.1) is 5.82 Å². The molecule has 0 radical (unpaired) electrons. The minimum atomic E-state index is -3.51. The Labute approximate surface area is 158 Å². The number of piperidine rings is 1. The lowest BCUT2D eigenvalue weighted by atomic mass is 9.95. The lowest BCUT2D eigenvalue weighted by molar-refractivity contribution is -0.124. The Balaban J connectivity index is 0.00000243. The summed E-state index contributed by atoms with van der Waals surface area (Å²) in [6.45, 7) is 1.34. The molecular formula is C17H23ClFN3O3S. The highest BCUT2D eigenvalue weighted by molar-refractivity contribution is 7.92. The lowest BCUT2D eigenvalue weighted by Gasteiger charge is -2.34. The Morgan fingerprint density at radius 2 is 2.00 bits per heavy atom. The van der Waals surface area contributed by atoms with Crippen molar-refractivity contribution in [3.8, 4) is 0 Å². The number of amides is 1. The van der Waals surface area contributed by atoms with Gasteiger partial charge in [-0.15, -0.1) is 12.4 Å². The fourth-order valence-corrected chi connectivity index (χ4v) is 4.79. The third-order valence-electron chi connectivity index (χ3n) is 4.94. The molecule has 1 aromatic carbocycles. The molecule has 0 saturated carbocycles. The number of hydrogen-bond donors (Lipinski definition) is 3. The zero-order chi connectivity index (χ0) is 18.1. The molecule has 144 valence electrons. The van der Waals surface area contributed by atoms with Crippen LogP contribution >= 0.6 is 12.4 Å². The van der Waals surface area contributed by atoms with Crippen LogP contribution in [-0.2, 0) is 21.1 Å². The highest BCUT2D eigenvalue weighted by Gasteiger charge is 2.48. The summed E-state index contributed by atoms with van der Waals surface area (Å²) >= 11 is 0. The van der Waals surface area contributed by atoms with E-state index in [-0.39, 0.29) is 31.1 Å². The van der Waals surface area contributed by atoms with Crippen molar-refractivity contribution in [1.29, 1.82) is 0 Å². The minimum Gasteiger partial charge on any atom is -0.361 e. The summed E-state index contributed by atoms with van der Waals surface area (Å²) in [6.07, 6.45) is 4.02. The molecule has 1 aliphatic heterocycles. The van der Waals surface area contributed by atoms with Gasteiger partial charge in [-0.3, -0.25) is 4.79 Å². The SMILES string of the molecule is CS(=O)(=O)C1(C(=O)NCCc2c[nH]c3cc(F)ccc23)CCNCC1.Cl. The molecule has 3 rings (SSSR count). The molecule has 2 heterocycles. The van der Waals surface area contributed by atoms with Crippen LogP contribution in [0.4, 0.5) is 4.39 Å². The van der Waals surface area contributed by atoms with Crippen LogP contribution in [0.2, 0.25) is 0 Å². The number of H-pyrrole nitrogens is 1. The van der Waals surface area contributed by atoms with E-state index in [2.05, 4.69) is 15.6 Å². The van der Waals surface area contributed by atoms with Gasteiger partial charge in [0.2, 0.25) is 5.91 Å². The van der Waals surface area contributed by atoms with Crippen LogP contribution in [0.15, 0.2) is 24.4 Å². The molecule has 0 bridgehead atoms. The number of fused-ring (bicyclic) bond motifs is 1. The topological polar surface area (TPSA) is 91.1 Å². The largest absolute Gasteiger partial charge is 0.361 e. The first-order valence-electron chi connectivity index (χ1n) is 8.28. The standard InChI is InChI=1S/C17H22FN3O3S.ClH/c1-25(23,24)17(5-8-19-9-6-17)16(22)20-7-4-12-11-21-15-10-13(18)2-3-14(12)15;/h2-3,10-11,19,21H,4-9H2,1H3,(H,20,22);1H. The van der Waals surface area contributed by atoms with Crippen LogP contribution < -0.4 is 10.6 Å². The van der Waals surface area contributed by atoms with E-state index in [1.165, 1.54) is 12.1 Å². The van der Waals surface area contributed by atoms with Crippen LogP contribution in [0.3, 0.4) is 0 Å². The number of rotatable bonds is 5. The number of halogens is 2. The van der Waals surface area contributed by atoms with Gasteiger partial charge < -0.3 is 15.6 Å². The quantitative estimate of drug-likeness (QED) is 0.706. The van der Waals surface area contributed by atoms with E-state index in [1.54, 1.807) is 12.3 Å². The average Bonchev–Trinajstić information content (AvgIpc) is 2.96. The second kappa shape index (κ2) is 7.94. The highest BCUT2D eigenvalue weighted by atomic mass is 35.5. The number of aromatic amines is 1. The Bertz CT molecular complexity index is 892. The summed E-state index contributed by atoms with van der Waals surface area (Å²) < 4.78 is 36.3. The van der Waals surface area contributed by atoms with Crippen molar-refractivity contribution in [2.45, 2.75) is 24.0 Å². The fourth-order valence-electron chi connectivity index (χ4n) is 3.43. The Morgan fingerprint density at radius 3 is 2.65 bits per heavy atom. The molecule has 0 spiro atoms. The predicted molar refractivity (Wildman–Crippen MR) is 102 cm³/mol. The number of nitrogens with one attached hydrogen (secondary N) is 3. The van der Waals surface area contributed by atoms with E-state index in [4.69, 9.17) is 0 Å². The second-order valence-corrected chi connectivity index (χ2v) is 8.85. The molecular weight excluding hydrogens is 381 g/mol. The van der Waals surface area contributed by atoms with Gasteiger partial charge in [-0.25, -0.2) is 12.8 Å². The normalized spacial score (nSPS) is 16.8. The van der Waals surface area contributed by atoms with E-state index in [0.29, 0.717) is 31.6 Å². The molecule has 1 fully saturated rings. The molecule has 0 aliphatic carbocycles. The molecule has 1 amide bonds. The molecule has 1 aliphatic rings. The van der Waals surface area contributed by atoms with Gasteiger partial charge in [-0.05, 0) is 56.1 Å². The molecule has 9 heteroatoms. The van der Waals surface area contributed by atoms with Gasteiger partial charge in [0.1, 0.15) is 5.82 Å². The maximum Gasteiger partial charge on any atom is 0.241 e.